The van der Waals surface area contributed by atoms with Crippen LogP contribution in [0.4, 0.5) is 11.6 Å². The first kappa shape index (κ1) is 22.2. The van der Waals surface area contributed by atoms with E-state index in [4.69, 9.17) is 0 Å². The Morgan fingerprint density at radius 3 is 2.31 bits per heavy atom. The topological polar surface area (TPSA) is 131 Å². The number of benzene rings is 2. The van der Waals surface area contributed by atoms with Crippen LogP contribution in [0.3, 0.4) is 0 Å². The predicted octanol–water partition coefficient (Wildman–Crippen LogP) is 3.55. The van der Waals surface area contributed by atoms with Gasteiger partial charge >= 0.3 is 0 Å². The molecule has 0 fully saturated rings. The van der Waals surface area contributed by atoms with E-state index in [-0.39, 0.29) is 10.8 Å². The van der Waals surface area contributed by atoms with Gasteiger partial charge in [-0.05, 0) is 43.3 Å². The summed E-state index contributed by atoms with van der Waals surface area (Å²) in [5.74, 6) is -0.449. The summed E-state index contributed by atoms with van der Waals surface area (Å²) in [5.41, 5.74) is 4.01. The second-order valence-electron chi connectivity index (χ2n) is 7.65. The highest BCUT2D eigenvalue weighted by molar-refractivity contribution is 7.92. The van der Waals surface area contributed by atoms with E-state index in [9.17, 15) is 13.2 Å². The molecule has 1 amide bonds. The van der Waals surface area contributed by atoms with E-state index in [1.54, 1.807) is 16.8 Å². The molecule has 0 aliphatic carbocycles. The smallest absolute Gasteiger partial charge is 0.264 e. The van der Waals surface area contributed by atoms with Crippen LogP contribution in [0.15, 0.2) is 90.3 Å². The second-order valence-corrected chi connectivity index (χ2v) is 9.33. The fourth-order valence-corrected chi connectivity index (χ4v) is 4.40. The summed E-state index contributed by atoms with van der Waals surface area (Å²) in [6.07, 6.45) is 5.95. The van der Waals surface area contributed by atoms with E-state index in [2.05, 4.69) is 30.1 Å². The maximum absolute atomic E-state index is 13.0. The molecule has 10 nitrogen and oxygen atoms in total. The predicted molar refractivity (Wildman–Crippen MR) is 130 cm³/mol. The van der Waals surface area contributed by atoms with E-state index in [0.717, 1.165) is 16.8 Å². The standard InChI is InChI=1S/C24H19N7O3S/c1-16-3-5-17(6-4-16)21-11-14-25-22-20(15-28-31(21)22)23(32)29-18-7-9-19(10-8-18)35(33,34)30-24-26-12-2-13-27-24/h2-15H,1H3,(H,29,32)(H,26,27,30). The molecule has 0 saturated heterocycles. The molecule has 5 aromatic rings. The lowest BCUT2D eigenvalue weighted by molar-refractivity contribution is 0.102. The molecule has 0 unspecified atom stereocenters. The monoisotopic (exact) mass is 485 g/mol. The molecule has 0 aliphatic heterocycles. The molecule has 0 saturated carbocycles. The molecule has 3 heterocycles. The lowest BCUT2D eigenvalue weighted by Gasteiger charge is -2.08. The minimum absolute atomic E-state index is 0.00309. The Hall–Kier alpha value is -4.64. The van der Waals surface area contributed by atoms with Crippen molar-refractivity contribution in [2.75, 3.05) is 10.0 Å². The van der Waals surface area contributed by atoms with Gasteiger partial charge in [0.15, 0.2) is 5.65 Å². The quantitative estimate of drug-likeness (QED) is 0.376. The lowest BCUT2D eigenvalue weighted by atomic mass is 10.1. The normalized spacial score (nSPS) is 11.3. The third-order valence-electron chi connectivity index (χ3n) is 5.21. The Kier molecular flexibility index (Phi) is 5.67. The van der Waals surface area contributed by atoms with E-state index >= 15 is 0 Å². The van der Waals surface area contributed by atoms with Crippen LogP contribution in [0.25, 0.3) is 16.9 Å². The molecular formula is C24H19N7O3S. The van der Waals surface area contributed by atoms with Gasteiger partial charge in [-0.25, -0.2) is 32.6 Å². The van der Waals surface area contributed by atoms with Crippen LogP contribution in [0.2, 0.25) is 0 Å². The van der Waals surface area contributed by atoms with E-state index in [1.807, 2.05) is 37.3 Å². The van der Waals surface area contributed by atoms with Gasteiger partial charge in [-0.15, -0.1) is 0 Å². The Labute approximate surface area is 200 Å². The fraction of sp³-hybridized carbons (Fsp3) is 0.0417. The average molecular weight is 486 g/mol. The summed E-state index contributed by atoms with van der Waals surface area (Å²) < 4.78 is 29.0. The number of nitrogens with zero attached hydrogens (tertiary/aromatic N) is 5. The SMILES string of the molecule is Cc1ccc(-c2ccnc3c(C(=O)Nc4ccc(S(=O)(=O)Nc5ncccn5)cc4)cnn23)cc1. The number of sulfonamides is 1. The van der Waals surface area contributed by atoms with E-state index in [0.29, 0.717) is 16.9 Å². The number of anilines is 2. The molecule has 2 aromatic carbocycles. The van der Waals surface area contributed by atoms with Gasteiger partial charge in [0, 0.05) is 29.8 Å². The van der Waals surface area contributed by atoms with Crippen molar-refractivity contribution in [3.63, 3.8) is 0 Å². The van der Waals surface area contributed by atoms with Crippen molar-refractivity contribution >= 4 is 33.2 Å². The largest absolute Gasteiger partial charge is 0.322 e. The van der Waals surface area contributed by atoms with Crippen molar-refractivity contribution < 1.29 is 13.2 Å². The number of amides is 1. The number of hydrogen-bond acceptors (Lipinski definition) is 7. The second kappa shape index (κ2) is 8.95. The first-order valence-electron chi connectivity index (χ1n) is 10.5. The number of carbonyl (C=O) groups excluding carboxylic acids is 1. The van der Waals surface area contributed by atoms with Crippen molar-refractivity contribution in [3.8, 4) is 11.3 Å². The number of rotatable bonds is 6. The Morgan fingerprint density at radius 2 is 1.60 bits per heavy atom. The lowest BCUT2D eigenvalue weighted by Crippen LogP contribution is -2.15. The van der Waals surface area contributed by atoms with Gasteiger partial charge in [0.05, 0.1) is 16.8 Å². The first-order chi connectivity index (χ1) is 16.9. The summed E-state index contributed by atoms with van der Waals surface area (Å²) in [6.45, 7) is 2.01. The van der Waals surface area contributed by atoms with Crippen LogP contribution in [-0.2, 0) is 10.0 Å². The molecule has 0 aliphatic rings. The van der Waals surface area contributed by atoms with Crippen molar-refractivity contribution in [2.45, 2.75) is 11.8 Å². The van der Waals surface area contributed by atoms with Gasteiger partial charge in [0.2, 0.25) is 5.95 Å². The molecule has 0 atom stereocenters. The zero-order chi connectivity index (χ0) is 24.4. The van der Waals surface area contributed by atoms with Crippen LogP contribution in [-0.4, -0.2) is 38.9 Å². The molecule has 0 spiro atoms. The first-order valence-corrected chi connectivity index (χ1v) is 12.0. The van der Waals surface area contributed by atoms with Crippen molar-refractivity contribution in [3.05, 3.63) is 96.6 Å². The van der Waals surface area contributed by atoms with Gasteiger partial charge in [-0.2, -0.15) is 5.10 Å². The van der Waals surface area contributed by atoms with Gasteiger partial charge in [-0.1, -0.05) is 29.8 Å². The highest BCUT2D eigenvalue weighted by Crippen LogP contribution is 2.22. The van der Waals surface area contributed by atoms with E-state index < -0.39 is 15.9 Å². The van der Waals surface area contributed by atoms with Gasteiger partial charge in [0.25, 0.3) is 15.9 Å². The van der Waals surface area contributed by atoms with Crippen LogP contribution in [0, 0.1) is 6.92 Å². The summed E-state index contributed by atoms with van der Waals surface area (Å²) in [4.78, 5) is 25.0. The third kappa shape index (κ3) is 4.57. The molecule has 11 heteroatoms. The maximum atomic E-state index is 13.0. The molecule has 0 radical (unpaired) electrons. The maximum Gasteiger partial charge on any atom is 0.264 e. The molecule has 5 rings (SSSR count). The minimum atomic E-state index is -3.88. The molecule has 3 aromatic heterocycles. The van der Waals surface area contributed by atoms with Crippen LogP contribution in [0.1, 0.15) is 15.9 Å². The van der Waals surface area contributed by atoms with Crippen molar-refractivity contribution in [1.82, 2.24) is 24.6 Å². The molecular weight excluding hydrogens is 466 g/mol. The number of nitrogens with one attached hydrogen (secondary N) is 2. The number of aryl methyl sites for hydroxylation is 1. The number of fused-ring (bicyclic) bond motifs is 1. The zero-order valence-electron chi connectivity index (χ0n) is 18.5. The highest BCUT2D eigenvalue weighted by Gasteiger charge is 2.18. The summed E-state index contributed by atoms with van der Waals surface area (Å²) in [5, 5.41) is 7.12. The van der Waals surface area contributed by atoms with Crippen molar-refractivity contribution in [2.24, 2.45) is 0 Å². The minimum Gasteiger partial charge on any atom is -0.322 e. The molecule has 174 valence electrons. The third-order valence-corrected chi connectivity index (χ3v) is 6.55. The Morgan fingerprint density at radius 1 is 0.886 bits per heavy atom. The summed E-state index contributed by atoms with van der Waals surface area (Å²) in [7, 11) is -3.88. The van der Waals surface area contributed by atoms with E-state index in [1.165, 1.54) is 42.9 Å². The number of carbonyl (C=O) groups is 1. The molecule has 0 bridgehead atoms. The summed E-state index contributed by atoms with van der Waals surface area (Å²) in [6, 6.07) is 17.1. The molecule has 2 N–H and O–H groups in total. The fourth-order valence-electron chi connectivity index (χ4n) is 3.44. The molecule has 35 heavy (non-hydrogen) atoms. The van der Waals surface area contributed by atoms with Gasteiger partial charge in [-0.3, -0.25) is 4.79 Å². The summed E-state index contributed by atoms with van der Waals surface area (Å²) >= 11 is 0. The Bertz CT molecular complexity index is 1620. The number of hydrogen-bond donors (Lipinski definition) is 2. The van der Waals surface area contributed by atoms with Crippen LogP contribution in [0.5, 0.6) is 0 Å². The van der Waals surface area contributed by atoms with Crippen molar-refractivity contribution in [1.29, 1.82) is 0 Å². The van der Waals surface area contributed by atoms with Crippen LogP contribution < -0.4 is 10.0 Å². The van der Waals surface area contributed by atoms with Gasteiger partial charge in [0.1, 0.15) is 5.56 Å². The Balaban J connectivity index is 1.36. The van der Waals surface area contributed by atoms with Gasteiger partial charge < -0.3 is 5.32 Å². The highest BCUT2D eigenvalue weighted by atomic mass is 32.2. The average Bonchev–Trinajstić information content (AvgIpc) is 3.30. The van der Waals surface area contributed by atoms with Crippen LogP contribution >= 0.6 is 0 Å². The number of aromatic nitrogens is 5. The zero-order valence-corrected chi connectivity index (χ0v) is 19.3.